The van der Waals surface area contributed by atoms with Crippen molar-refractivity contribution in [2.45, 2.75) is 38.8 Å². The number of hydrogen-bond donors (Lipinski definition) is 1. The van der Waals surface area contributed by atoms with E-state index in [-0.39, 0.29) is 5.56 Å². The average Bonchev–Trinajstić information content (AvgIpc) is 2.39. The maximum atomic E-state index is 12.1. The maximum absolute atomic E-state index is 12.1. The molecule has 2 aromatic rings. The Kier molecular flexibility index (Phi) is 3.54. The summed E-state index contributed by atoms with van der Waals surface area (Å²) in [5, 5.41) is 7.61. The van der Waals surface area contributed by atoms with E-state index in [9.17, 15) is 4.79 Å². The first-order chi connectivity index (χ1) is 9.72. The molecule has 0 atom stereocenters. The molecule has 1 saturated carbocycles. The molecule has 1 aromatic carbocycles. The summed E-state index contributed by atoms with van der Waals surface area (Å²) in [7, 11) is 0. The molecular formula is C16H19N3O. The lowest BCUT2D eigenvalue weighted by Gasteiger charge is -2.27. The van der Waals surface area contributed by atoms with Gasteiger partial charge in [0.2, 0.25) is 0 Å². The van der Waals surface area contributed by atoms with Gasteiger partial charge in [-0.05, 0) is 37.3 Å². The molecule has 0 saturated heterocycles. The Balaban J connectivity index is 1.77. The molecule has 3 rings (SSSR count). The van der Waals surface area contributed by atoms with Gasteiger partial charge in [-0.1, -0.05) is 24.3 Å². The van der Waals surface area contributed by atoms with E-state index >= 15 is 0 Å². The van der Waals surface area contributed by atoms with Crippen LogP contribution in [0.15, 0.2) is 41.3 Å². The van der Waals surface area contributed by atoms with Crippen molar-refractivity contribution in [2.24, 2.45) is 0 Å². The molecule has 0 radical (unpaired) electrons. The van der Waals surface area contributed by atoms with Crippen LogP contribution in [-0.2, 0) is 6.54 Å². The summed E-state index contributed by atoms with van der Waals surface area (Å²) in [6.45, 7) is 2.57. The normalized spacial score (nSPS) is 14.8. The van der Waals surface area contributed by atoms with Gasteiger partial charge in [0.25, 0.3) is 5.56 Å². The van der Waals surface area contributed by atoms with Gasteiger partial charge in [0, 0.05) is 12.1 Å². The standard InChI is InChI=1S/C16H19N3O/c1-12-5-2-3-6-13(12)11-19-16(20)9-15(10-17-19)18-14-7-4-8-14/h2-3,5-6,9-10,14,18H,4,7-8,11H2,1H3. The Morgan fingerprint density at radius 3 is 2.80 bits per heavy atom. The van der Waals surface area contributed by atoms with Crippen molar-refractivity contribution in [2.75, 3.05) is 5.32 Å². The molecule has 20 heavy (non-hydrogen) atoms. The molecule has 0 unspecified atom stereocenters. The first-order valence-corrected chi connectivity index (χ1v) is 7.10. The van der Waals surface area contributed by atoms with E-state index < -0.39 is 0 Å². The highest BCUT2D eigenvalue weighted by atomic mass is 16.1. The number of aromatic nitrogens is 2. The largest absolute Gasteiger partial charge is 0.381 e. The van der Waals surface area contributed by atoms with Crippen LogP contribution in [0.1, 0.15) is 30.4 Å². The maximum Gasteiger partial charge on any atom is 0.269 e. The van der Waals surface area contributed by atoms with E-state index in [1.807, 2.05) is 31.2 Å². The fraction of sp³-hybridized carbons (Fsp3) is 0.375. The average molecular weight is 269 g/mol. The van der Waals surface area contributed by atoms with E-state index in [1.54, 1.807) is 12.3 Å². The lowest BCUT2D eigenvalue weighted by molar-refractivity contribution is 0.445. The summed E-state index contributed by atoms with van der Waals surface area (Å²) in [4.78, 5) is 12.1. The van der Waals surface area contributed by atoms with Gasteiger partial charge < -0.3 is 5.32 Å². The van der Waals surface area contributed by atoms with Crippen LogP contribution in [0.4, 0.5) is 5.69 Å². The lowest BCUT2D eigenvalue weighted by Crippen LogP contribution is -2.29. The number of anilines is 1. The summed E-state index contributed by atoms with van der Waals surface area (Å²) in [6, 6.07) is 10.2. The number of nitrogens with one attached hydrogen (secondary N) is 1. The van der Waals surface area contributed by atoms with Gasteiger partial charge in [0.15, 0.2) is 0 Å². The van der Waals surface area contributed by atoms with Crippen LogP contribution in [0, 0.1) is 6.92 Å². The zero-order chi connectivity index (χ0) is 13.9. The molecule has 0 spiro atoms. The van der Waals surface area contributed by atoms with Gasteiger partial charge in [-0.15, -0.1) is 0 Å². The van der Waals surface area contributed by atoms with Crippen LogP contribution in [0.2, 0.25) is 0 Å². The first-order valence-electron chi connectivity index (χ1n) is 7.10. The van der Waals surface area contributed by atoms with Crippen molar-refractivity contribution in [3.63, 3.8) is 0 Å². The zero-order valence-corrected chi connectivity index (χ0v) is 11.7. The van der Waals surface area contributed by atoms with E-state index in [4.69, 9.17) is 0 Å². The van der Waals surface area contributed by atoms with Gasteiger partial charge in [-0.3, -0.25) is 4.79 Å². The van der Waals surface area contributed by atoms with Gasteiger partial charge in [0.05, 0.1) is 18.4 Å². The smallest absolute Gasteiger partial charge is 0.269 e. The highest BCUT2D eigenvalue weighted by Gasteiger charge is 2.17. The molecule has 1 heterocycles. The van der Waals surface area contributed by atoms with Crippen molar-refractivity contribution in [1.82, 2.24) is 9.78 Å². The predicted molar refractivity (Wildman–Crippen MR) is 80.0 cm³/mol. The Morgan fingerprint density at radius 1 is 1.35 bits per heavy atom. The molecule has 1 fully saturated rings. The molecule has 0 amide bonds. The molecule has 1 N–H and O–H groups in total. The Labute approximate surface area is 118 Å². The molecule has 4 heteroatoms. The number of hydrogen-bond acceptors (Lipinski definition) is 3. The van der Waals surface area contributed by atoms with E-state index in [1.165, 1.54) is 29.5 Å². The van der Waals surface area contributed by atoms with Crippen molar-refractivity contribution >= 4 is 5.69 Å². The molecule has 4 nitrogen and oxygen atoms in total. The minimum absolute atomic E-state index is 0.0578. The highest BCUT2D eigenvalue weighted by molar-refractivity contribution is 5.40. The van der Waals surface area contributed by atoms with Crippen molar-refractivity contribution < 1.29 is 0 Å². The first kappa shape index (κ1) is 12.9. The Morgan fingerprint density at radius 2 is 2.15 bits per heavy atom. The fourth-order valence-electron chi connectivity index (χ4n) is 2.37. The predicted octanol–water partition coefficient (Wildman–Crippen LogP) is 2.56. The summed E-state index contributed by atoms with van der Waals surface area (Å²) in [5.74, 6) is 0. The second-order valence-electron chi connectivity index (χ2n) is 5.44. The van der Waals surface area contributed by atoms with Crippen LogP contribution < -0.4 is 10.9 Å². The number of nitrogens with zero attached hydrogens (tertiary/aromatic N) is 2. The minimum Gasteiger partial charge on any atom is -0.381 e. The third-order valence-corrected chi connectivity index (χ3v) is 3.93. The van der Waals surface area contributed by atoms with Crippen LogP contribution >= 0.6 is 0 Å². The molecule has 1 aromatic heterocycles. The Bertz CT molecular complexity index is 659. The minimum atomic E-state index is -0.0578. The van der Waals surface area contributed by atoms with Crippen LogP contribution in [0.3, 0.4) is 0 Å². The van der Waals surface area contributed by atoms with Crippen LogP contribution in [-0.4, -0.2) is 15.8 Å². The van der Waals surface area contributed by atoms with Gasteiger partial charge >= 0.3 is 0 Å². The molecule has 104 valence electrons. The highest BCUT2D eigenvalue weighted by Crippen LogP contribution is 2.22. The fourth-order valence-corrected chi connectivity index (χ4v) is 2.37. The molecule has 1 aliphatic rings. The van der Waals surface area contributed by atoms with Gasteiger partial charge in [-0.2, -0.15) is 5.10 Å². The van der Waals surface area contributed by atoms with Gasteiger partial charge in [-0.25, -0.2) is 4.68 Å². The lowest BCUT2D eigenvalue weighted by atomic mass is 9.93. The topological polar surface area (TPSA) is 46.9 Å². The zero-order valence-electron chi connectivity index (χ0n) is 11.7. The van der Waals surface area contributed by atoms with Gasteiger partial charge in [0.1, 0.15) is 0 Å². The monoisotopic (exact) mass is 269 g/mol. The Hall–Kier alpha value is -2.10. The third kappa shape index (κ3) is 2.74. The van der Waals surface area contributed by atoms with E-state index in [0.29, 0.717) is 12.6 Å². The molecule has 0 aliphatic heterocycles. The summed E-state index contributed by atoms with van der Waals surface area (Å²) in [5.41, 5.74) is 3.08. The van der Waals surface area contributed by atoms with Crippen molar-refractivity contribution in [3.05, 3.63) is 58.0 Å². The summed E-state index contributed by atoms with van der Waals surface area (Å²) in [6.07, 6.45) is 5.39. The summed E-state index contributed by atoms with van der Waals surface area (Å²) >= 11 is 0. The number of aryl methyl sites for hydroxylation is 1. The quantitative estimate of drug-likeness (QED) is 0.928. The molecule has 0 bridgehead atoms. The van der Waals surface area contributed by atoms with Crippen LogP contribution in [0.5, 0.6) is 0 Å². The molecule has 1 aliphatic carbocycles. The second kappa shape index (κ2) is 5.49. The van der Waals surface area contributed by atoms with E-state index in [0.717, 1.165) is 11.3 Å². The van der Waals surface area contributed by atoms with Crippen LogP contribution in [0.25, 0.3) is 0 Å². The second-order valence-corrected chi connectivity index (χ2v) is 5.44. The molecular weight excluding hydrogens is 250 g/mol. The summed E-state index contributed by atoms with van der Waals surface area (Å²) < 4.78 is 1.51. The van der Waals surface area contributed by atoms with E-state index in [2.05, 4.69) is 10.4 Å². The third-order valence-electron chi connectivity index (χ3n) is 3.93. The van der Waals surface area contributed by atoms with Crippen molar-refractivity contribution in [3.8, 4) is 0 Å². The number of rotatable bonds is 4. The van der Waals surface area contributed by atoms with Crippen molar-refractivity contribution in [1.29, 1.82) is 0 Å². The number of benzene rings is 1. The SMILES string of the molecule is Cc1ccccc1Cn1ncc(NC2CCC2)cc1=O.